The minimum absolute atomic E-state index is 0.00138. The summed E-state index contributed by atoms with van der Waals surface area (Å²) in [6, 6.07) is 17.1. The van der Waals surface area contributed by atoms with E-state index in [1.54, 1.807) is 0 Å². The zero-order valence-corrected chi connectivity index (χ0v) is 13.8. The average Bonchev–Trinajstić information content (AvgIpc) is 2.61. The lowest BCUT2D eigenvalue weighted by molar-refractivity contribution is -0.124. The van der Waals surface area contributed by atoms with Crippen LogP contribution < -0.4 is 10.1 Å². The number of ether oxygens (including phenoxy) is 1. The van der Waals surface area contributed by atoms with Crippen molar-refractivity contribution in [2.45, 2.75) is 37.8 Å². The second-order valence-electron chi connectivity index (χ2n) is 6.30. The SMILES string of the molecule is C[C@H](C[C@@H](O)c1ccccc1)NC(=O)[C@@H]1CCOc2ccccc21. The summed E-state index contributed by atoms with van der Waals surface area (Å²) in [7, 11) is 0. The minimum Gasteiger partial charge on any atom is -0.493 e. The van der Waals surface area contributed by atoms with Crippen LogP contribution in [0, 0.1) is 0 Å². The van der Waals surface area contributed by atoms with Gasteiger partial charge in [0.15, 0.2) is 0 Å². The van der Waals surface area contributed by atoms with E-state index in [-0.39, 0.29) is 17.9 Å². The fourth-order valence-electron chi connectivity index (χ4n) is 3.16. The Morgan fingerprint density at radius 3 is 2.71 bits per heavy atom. The molecule has 0 bridgehead atoms. The van der Waals surface area contributed by atoms with Crippen molar-refractivity contribution < 1.29 is 14.6 Å². The molecule has 2 N–H and O–H groups in total. The predicted octanol–water partition coefficient (Wildman–Crippen LogP) is 3.18. The van der Waals surface area contributed by atoms with Gasteiger partial charge in [-0.25, -0.2) is 0 Å². The first-order valence-electron chi connectivity index (χ1n) is 8.40. The second kappa shape index (κ2) is 7.49. The number of aliphatic hydroxyl groups is 1. The number of nitrogens with one attached hydrogen (secondary N) is 1. The predicted molar refractivity (Wildman–Crippen MR) is 92.9 cm³/mol. The van der Waals surface area contributed by atoms with E-state index in [1.807, 2.05) is 61.5 Å². The molecule has 4 nitrogen and oxygen atoms in total. The van der Waals surface area contributed by atoms with E-state index in [2.05, 4.69) is 5.32 Å². The molecule has 0 spiro atoms. The van der Waals surface area contributed by atoms with Crippen molar-refractivity contribution in [3.05, 3.63) is 65.7 Å². The molecule has 24 heavy (non-hydrogen) atoms. The van der Waals surface area contributed by atoms with Gasteiger partial charge < -0.3 is 15.2 Å². The number of aliphatic hydroxyl groups excluding tert-OH is 1. The summed E-state index contributed by atoms with van der Waals surface area (Å²) < 4.78 is 5.61. The van der Waals surface area contributed by atoms with Gasteiger partial charge >= 0.3 is 0 Å². The van der Waals surface area contributed by atoms with Gasteiger partial charge in [-0.3, -0.25) is 4.79 Å². The number of fused-ring (bicyclic) bond motifs is 1. The van der Waals surface area contributed by atoms with Gasteiger partial charge in [0.2, 0.25) is 5.91 Å². The number of rotatable bonds is 5. The highest BCUT2D eigenvalue weighted by molar-refractivity contribution is 5.85. The highest BCUT2D eigenvalue weighted by Crippen LogP contribution is 2.33. The van der Waals surface area contributed by atoms with Crippen LogP contribution in [0.25, 0.3) is 0 Å². The largest absolute Gasteiger partial charge is 0.493 e. The van der Waals surface area contributed by atoms with Crippen molar-refractivity contribution >= 4 is 5.91 Å². The Morgan fingerprint density at radius 2 is 1.92 bits per heavy atom. The van der Waals surface area contributed by atoms with E-state index in [0.29, 0.717) is 19.4 Å². The zero-order chi connectivity index (χ0) is 16.9. The Balaban J connectivity index is 1.61. The molecule has 1 aliphatic rings. The summed E-state index contributed by atoms with van der Waals surface area (Å²) in [6.45, 7) is 2.48. The van der Waals surface area contributed by atoms with E-state index in [9.17, 15) is 9.90 Å². The van der Waals surface area contributed by atoms with Crippen LogP contribution in [-0.4, -0.2) is 23.7 Å². The first-order chi connectivity index (χ1) is 11.6. The number of carbonyl (C=O) groups is 1. The second-order valence-corrected chi connectivity index (χ2v) is 6.30. The summed E-state index contributed by atoms with van der Waals surface area (Å²) in [5.41, 5.74) is 1.81. The molecule has 0 unspecified atom stereocenters. The number of para-hydroxylation sites is 1. The maximum absolute atomic E-state index is 12.6. The molecule has 1 heterocycles. The van der Waals surface area contributed by atoms with Gasteiger partial charge in [0.1, 0.15) is 5.75 Å². The molecule has 3 rings (SSSR count). The molecule has 0 fully saturated rings. The smallest absolute Gasteiger partial charge is 0.228 e. The van der Waals surface area contributed by atoms with Crippen LogP contribution in [0.2, 0.25) is 0 Å². The van der Waals surface area contributed by atoms with Gasteiger partial charge in [-0.2, -0.15) is 0 Å². The summed E-state index contributed by atoms with van der Waals surface area (Å²) in [5, 5.41) is 13.3. The maximum atomic E-state index is 12.6. The number of hydrogen-bond donors (Lipinski definition) is 2. The lowest BCUT2D eigenvalue weighted by atomic mass is 9.92. The monoisotopic (exact) mass is 325 g/mol. The van der Waals surface area contributed by atoms with Crippen molar-refractivity contribution in [1.29, 1.82) is 0 Å². The van der Waals surface area contributed by atoms with Crippen LogP contribution in [0.3, 0.4) is 0 Å². The minimum atomic E-state index is -0.580. The van der Waals surface area contributed by atoms with Crippen LogP contribution in [0.1, 0.15) is 42.9 Å². The van der Waals surface area contributed by atoms with Crippen LogP contribution >= 0.6 is 0 Å². The molecule has 2 aromatic carbocycles. The van der Waals surface area contributed by atoms with Crippen LogP contribution in [0.15, 0.2) is 54.6 Å². The third-order valence-corrected chi connectivity index (χ3v) is 4.42. The molecule has 3 atom stereocenters. The van der Waals surface area contributed by atoms with Crippen molar-refractivity contribution in [2.75, 3.05) is 6.61 Å². The van der Waals surface area contributed by atoms with Gasteiger partial charge in [-0.15, -0.1) is 0 Å². The van der Waals surface area contributed by atoms with Crippen molar-refractivity contribution in [3.63, 3.8) is 0 Å². The van der Waals surface area contributed by atoms with E-state index in [4.69, 9.17) is 4.74 Å². The van der Waals surface area contributed by atoms with E-state index in [0.717, 1.165) is 16.9 Å². The molecule has 0 aromatic heterocycles. The van der Waals surface area contributed by atoms with Crippen LogP contribution in [0.4, 0.5) is 0 Å². The van der Waals surface area contributed by atoms with Crippen molar-refractivity contribution in [2.24, 2.45) is 0 Å². The Kier molecular flexibility index (Phi) is 5.16. The summed E-state index contributed by atoms with van der Waals surface area (Å²) in [6.07, 6.45) is 0.584. The van der Waals surface area contributed by atoms with Gasteiger partial charge in [0.25, 0.3) is 0 Å². The fourth-order valence-corrected chi connectivity index (χ4v) is 3.16. The van der Waals surface area contributed by atoms with Gasteiger partial charge in [0.05, 0.1) is 18.6 Å². The summed E-state index contributed by atoms with van der Waals surface area (Å²) >= 11 is 0. The standard InChI is InChI=1S/C20H23NO3/c1-14(13-18(22)15-7-3-2-4-8-15)21-20(23)17-11-12-24-19-10-6-5-9-16(17)19/h2-10,14,17-18,22H,11-13H2,1H3,(H,21,23)/t14-,17-,18-/m1/s1. The topological polar surface area (TPSA) is 58.6 Å². The lowest BCUT2D eigenvalue weighted by Crippen LogP contribution is -2.38. The average molecular weight is 325 g/mol. The van der Waals surface area contributed by atoms with Crippen molar-refractivity contribution in [3.8, 4) is 5.75 Å². The molecule has 1 aliphatic heterocycles. The van der Waals surface area contributed by atoms with Crippen molar-refractivity contribution in [1.82, 2.24) is 5.32 Å². The molecule has 0 saturated carbocycles. The molecular formula is C20H23NO3. The number of amides is 1. The first-order valence-corrected chi connectivity index (χ1v) is 8.40. The summed E-state index contributed by atoms with van der Waals surface area (Å²) in [4.78, 5) is 12.6. The Hall–Kier alpha value is -2.33. The molecular weight excluding hydrogens is 302 g/mol. The molecule has 0 aliphatic carbocycles. The molecule has 0 saturated heterocycles. The Labute approximate surface area is 142 Å². The van der Waals surface area contributed by atoms with E-state index in [1.165, 1.54) is 0 Å². The van der Waals surface area contributed by atoms with Gasteiger partial charge in [0, 0.05) is 11.6 Å². The number of benzene rings is 2. The lowest BCUT2D eigenvalue weighted by Gasteiger charge is -2.27. The molecule has 1 amide bonds. The Morgan fingerprint density at radius 1 is 1.21 bits per heavy atom. The third kappa shape index (κ3) is 3.77. The number of carbonyl (C=O) groups excluding carboxylic acids is 1. The van der Waals surface area contributed by atoms with Crippen LogP contribution in [-0.2, 0) is 4.79 Å². The Bertz CT molecular complexity index is 686. The van der Waals surface area contributed by atoms with E-state index < -0.39 is 6.10 Å². The van der Waals surface area contributed by atoms with E-state index >= 15 is 0 Å². The van der Waals surface area contributed by atoms with Crippen LogP contribution in [0.5, 0.6) is 5.75 Å². The summed E-state index contributed by atoms with van der Waals surface area (Å²) in [5.74, 6) is 0.602. The highest BCUT2D eigenvalue weighted by Gasteiger charge is 2.28. The first kappa shape index (κ1) is 16.5. The molecule has 126 valence electrons. The zero-order valence-electron chi connectivity index (χ0n) is 13.8. The van der Waals surface area contributed by atoms with Gasteiger partial charge in [-0.1, -0.05) is 48.5 Å². The molecule has 2 aromatic rings. The highest BCUT2D eigenvalue weighted by atomic mass is 16.5. The molecule has 0 radical (unpaired) electrons. The maximum Gasteiger partial charge on any atom is 0.228 e. The fraction of sp³-hybridized carbons (Fsp3) is 0.350. The normalized spacial score (nSPS) is 18.8. The number of hydrogen-bond acceptors (Lipinski definition) is 3. The third-order valence-electron chi connectivity index (χ3n) is 4.42. The quantitative estimate of drug-likeness (QED) is 0.887. The molecule has 4 heteroatoms. The van der Waals surface area contributed by atoms with Gasteiger partial charge in [-0.05, 0) is 31.4 Å².